The molecule has 0 radical (unpaired) electrons. The lowest BCUT2D eigenvalue weighted by atomic mass is 9.91. The van der Waals surface area contributed by atoms with Crippen LogP contribution in [-0.2, 0) is 4.79 Å². The number of amides is 1. The summed E-state index contributed by atoms with van der Waals surface area (Å²) in [6.07, 6.45) is 1.71. The second kappa shape index (κ2) is 6.86. The lowest BCUT2D eigenvalue weighted by Crippen LogP contribution is -2.43. The summed E-state index contributed by atoms with van der Waals surface area (Å²) in [7, 11) is 1.64. The molecule has 1 aliphatic heterocycles. The molecule has 6 nitrogen and oxygen atoms in total. The third-order valence-electron chi connectivity index (χ3n) is 4.56. The highest BCUT2D eigenvalue weighted by Gasteiger charge is 2.32. The molecule has 1 amide bonds. The summed E-state index contributed by atoms with van der Waals surface area (Å²) < 4.78 is 10.6. The van der Waals surface area contributed by atoms with Gasteiger partial charge in [-0.2, -0.15) is 4.98 Å². The maximum atomic E-state index is 12.4. The lowest BCUT2D eigenvalue weighted by Gasteiger charge is -2.34. The Morgan fingerprint density at radius 3 is 2.40 bits per heavy atom. The van der Waals surface area contributed by atoms with Crippen molar-refractivity contribution in [2.75, 3.05) is 20.2 Å². The zero-order valence-corrected chi connectivity index (χ0v) is 15.3. The van der Waals surface area contributed by atoms with E-state index in [-0.39, 0.29) is 17.2 Å². The van der Waals surface area contributed by atoms with Crippen LogP contribution in [0.3, 0.4) is 0 Å². The van der Waals surface area contributed by atoms with E-state index in [0.29, 0.717) is 11.7 Å². The van der Waals surface area contributed by atoms with Gasteiger partial charge in [0.1, 0.15) is 5.75 Å². The fraction of sp³-hybridized carbons (Fsp3) is 0.526. The molecule has 1 fully saturated rings. The predicted molar refractivity (Wildman–Crippen MR) is 94.3 cm³/mol. The third-order valence-corrected chi connectivity index (χ3v) is 4.56. The smallest absolute Gasteiger partial charge is 0.230 e. The quantitative estimate of drug-likeness (QED) is 0.853. The van der Waals surface area contributed by atoms with E-state index >= 15 is 0 Å². The molecule has 1 aromatic carbocycles. The second-order valence-electron chi connectivity index (χ2n) is 7.50. The summed E-state index contributed by atoms with van der Waals surface area (Å²) in [5.41, 5.74) is 0.565. The minimum Gasteiger partial charge on any atom is -0.497 e. The van der Waals surface area contributed by atoms with Crippen LogP contribution >= 0.6 is 0 Å². The van der Waals surface area contributed by atoms with Gasteiger partial charge >= 0.3 is 0 Å². The van der Waals surface area contributed by atoms with Crippen molar-refractivity contribution in [2.24, 2.45) is 5.41 Å². The molecule has 2 heterocycles. The van der Waals surface area contributed by atoms with Gasteiger partial charge < -0.3 is 14.2 Å². The molecule has 0 spiro atoms. The summed E-state index contributed by atoms with van der Waals surface area (Å²) >= 11 is 0. The van der Waals surface area contributed by atoms with Crippen LogP contribution in [0, 0.1) is 5.41 Å². The summed E-state index contributed by atoms with van der Waals surface area (Å²) in [5.74, 6) is 2.46. The van der Waals surface area contributed by atoms with Gasteiger partial charge in [-0.05, 0) is 37.1 Å². The van der Waals surface area contributed by atoms with Crippen LogP contribution in [-0.4, -0.2) is 41.1 Å². The standard InChI is InChI=1S/C19H25N3O3/c1-19(2,3)18(23)22-11-9-14(10-12-22)17-20-16(21-25-17)13-5-7-15(24-4)8-6-13/h5-8,14H,9-12H2,1-4H3. The molecular formula is C19H25N3O3. The van der Waals surface area contributed by atoms with Gasteiger partial charge in [0.25, 0.3) is 0 Å². The first-order valence-corrected chi connectivity index (χ1v) is 8.66. The Hall–Kier alpha value is -2.37. The Labute approximate surface area is 148 Å². The Balaban J connectivity index is 1.65. The third kappa shape index (κ3) is 3.83. The van der Waals surface area contributed by atoms with Gasteiger partial charge in [0, 0.05) is 30.0 Å². The highest BCUT2D eigenvalue weighted by molar-refractivity contribution is 5.81. The van der Waals surface area contributed by atoms with Crippen molar-refractivity contribution in [3.8, 4) is 17.1 Å². The lowest BCUT2D eigenvalue weighted by molar-refractivity contribution is -0.140. The van der Waals surface area contributed by atoms with Gasteiger partial charge in [0.15, 0.2) is 0 Å². The van der Waals surface area contributed by atoms with Gasteiger partial charge in [-0.15, -0.1) is 0 Å². The van der Waals surface area contributed by atoms with Crippen molar-refractivity contribution in [1.82, 2.24) is 15.0 Å². The number of hydrogen-bond donors (Lipinski definition) is 0. The van der Waals surface area contributed by atoms with Crippen molar-refractivity contribution in [2.45, 2.75) is 39.5 Å². The molecule has 1 saturated heterocycles. The number of rotatable bonds is 3. The molecule has 0 saturated carbocycles. The van der Waals surface area contributed by atoms with Gasteiger partial charge in [0.2, 0.25) is 17.6 Å². The van der Waals surface area contributed by atoms with Crippen LogP contribution in [0.25, 0.3) is 11.4 Å². The summed E-state index contributed by atoms with van der Waals surface area (Å²) in [5, 5.41) is 4.10. The van der Waals surface area contributed by atoms with Crippen LogP contribution in [0.4, 0.5) is 0 Å². The molecular weight excluding hydrogens is 318 g/mol. The Bertz CT molecular complexity index is 723. The van der Waals surface area contributed by atoms with E-state index in [1.54, 1.807) is 7.11 Å². The maximum absolute atomic E-state index is 12.4. The molecule has 25 heavy (non-hydrogen) atoms. The zero-order chi connectivity index (χ0) is 18.0. The van der Waals surface area contributed by atoms with Crippen molar-refractivity contribution in [1.29, 1.82) is 0 Å². The molecule has 0 bridgehead atoms. The average molecular weight is 343 g/mol. The first-order chi connectivity index (χ1) is 11.9. The Morgan fingerprint density at radius 2 is 1.84 bits per heavy atom. The second-order valence-corrected chi connectivity index (χ2v) is 7.50. The number of piperidine rings is 1. The number of benzene rings is 1. The number of carbonyl (C=O) groups excluding carboxylic acids is 1. The van der Waals surface area contributed by atoms with Crippen LogP contribution in [0.1, 0.15) is 45.4 Å². The molecule has 1 aromatic heterocycles. The number of methoxy groups -OCH3 is 1. The van der Waals surface area contributed by atoms with Crippen LogP contribution in [0.15, 0.2) is 28.8 Å². The van der Waals surface area contributed by atoms with Crippen LogP contribution in [0.5, 0.6) is 5.75 Å². The molecule has 134 valence electrons. The van der Waals surface area contributed by atoms with Gasteiger partial charge in [-0.1, -0.05) is 25.9 Å². The van der Waals surface area contributed by atoms with E-state index in [1.165, 1.54) is 0 Å². The van der Waals surface area contributed by atoms with E-state index < -0.39 is 0 Å². The molecule has 6 heteroatoms. The number of ether oxygens (including phenoxy) is 1. The van der Waals surface area contributed by atoms with Crippen molar-refractivity contribution < 1.29 is 14.1 Å². The Kier molecular flexibility index (Phi) is 4.79. The number of aromatic nitrogens is 2. The molecule has 0 aliphatic carbocycles. The van der Waals surface area contributed by atoms with Crippen molar-refractivity contribution in [3.05, 3.63) is 30.2 Å². The molecule has 1 aliphatic rings. The zero-order valence-electron chi connectivity index (χ0n) is 15.3. The Morgan fingerprint density at radius 1 is 1.20 bits per heavy atom. The van der Waals surface area contributed by atoms with Crippen LogP contribution in [0.2, 0.25) is 0 Å². The van der Waals surface area contributed by atoms with E-state index in [9.17, 15) is 4.79 Å². The highest BCUT2D eigenvalue weighted by Crippen LogP contribution is 2.30. The SMILES string of the molecule is COc1ccc(-c2noc(C3CCN(C(=O)C(C)(C)C)CC3)n2)cc1. The van der Waals surface area contributed by atoms with Crippen molar-refractivity contribution in [3.63, 3.8) is 0 Å². The molecule has 0 atom stereocenters. The first kappa shape index (κ1) is 17.5. The molecule has 0 N–H and O–H groups in total. The fourth-order valence-corrected chi connectivity index (χ4v) is 3.06. The topological polar surface area (TPSA) is 68.5 Å². The monoisotopic (exact) mass is 343 g/mol. The number of hydrogen-bond acceptors (Lipinski definition) is 5. The minimum absolute atomic E-state index is 0.204. The summed E-state index contributed by atoms with van der Waals surface area (Å²) in [4.78, 5) is 18.9. The average Bonchev–Trinajstić information content (AvgIpc) is 3.10. The maximum Gasteiger partial charge on any atom is 0.230 e. The highest BCUT2D eigenvalue weighted by atomic mass is 16.5. The van der Waals surface area contributed by atoms with Gasteiger partial charge in [-0.3, -0.25) is 4.79 Å². The fourth-order valence-electron chi connectivity index (χ4n) is 3.06. The van der Waals surface area contributed by atoms with Gasteiger partial charge in [0.05, 0.1) is 7.11 Å². The van der Waals surface area contributed by atoms with Crippen molar-refractivity contribution >= 4 is 5.91 Å². The number of likely N-dealkylation sites (tertiary alicyclic amines) is 1. The molecule has 2 aromatic rings. The molecule has 3 rings (SSSR count). The molecule has 0 unspecified atom stereocenters. The number of carbonyl (C=O) groups is 1. The summed E-state index contributed by atoms with van der Waals surface area (Å²) in [6.45, 7) is 7.35. The van der Waals surface area contributed by atoms with E-state index in [1.807, 2.05) is 49.9 Å². The van der Waals surface area contributed by atoms with E-state index in [4.69, 9.17) is 9.26 Å². The number of nitrogens with zero attached hydrogens (tertiary/aromatic N) is 3. The van der Waals surface area contributed by atoms with Gasteiger partial charge in [-0.25, -0.2) is 0 Å². The predicted octanol–water partition coefficient (Wildman–Crippen LogP) is 3.50. The van der Waals surface area contributed by atoms with Crippen LogP contribution < -0.4 is 4.74 Å². The largest absolute Gasteiger partial charge is 0.497 e. The normalized spacial score (nSPS) is 16.1. The van der Waals surface area contributed by atoms with E-state index in [0.717, 1.165) is 37.2 Å². The minimum atomic E-state index is -0.334. The van der Waals surface area contributed by atoms with E-state index in [2.05, 4.69) is 10.1 Å². The first-order valence-electron chi connectivity index (χ1n) is 8.66. The summed E-state index contributed by atoms with van der Waals surface area (Å²) in [6, 6.07) is 7.58.